The van der Waals surface area contributed by atoms with Crippen LogP contribution in [0.1, 0.15) is 19.8 Å². The average molecular weight is 285 g/mol. The first-order valence-corrected chi connectivity index (χ1v) is 5.92. The number of H-pyrrole nitrogens is 1. The van der Waals surface area contributed by atoms with Gasteiger partial charge in [-0.3, -0.25) is 5.10 Å². The smallest absolute Gasteiger partial charge is 0.222 e. The van der Waals surface area contributed by atoms with E-state index in [9.17, 15) is 0 Å². The van der Waals surface area contributed by atoms with Gasteiger partial charge in [0.25, 0.3) is 0 Å². The molecule has 0 aliphatic rings. The Kier molecular flexibility index (Phi) is 3.23. The standard InChI is InChI=1S/C9H13BrN6/c1-2-3-4-12-8-6-5(7(10)16-15-6)13-9(11)14-8/h2-4H2,1H3,(H,15,16)(H3,11,12,13,14). The molecule has 4 N–H and O–H groups in total. The van der Waals surface area contributed by atoms with Gasteiger partial charge in [0.15, 0.2) is 11.3 Å². The van der Waals surface area contributed by atoms with E-state index in [-0.39, 0.29) is 5.95 Å². The minimum Gasteiger partial charge on any atom is -0.368 e. The molecule has 16 heavy (non-hydrogen) atoms. The zero-order chi connectivity index (χ0) is 11.5. The zero-order valence-electron chi connectivity index (χ0n) is 8.92. The van der Waals surface area contributed by atoms with Crippen LogP contribution < -0.4 is 11.1 Å². The van der Waals surface area contributed by atoms with Crippen molar-refractivity contribution in [1.82, 2.24) is 20.2 Å². The number of nitrogens with two attached hydrogens (primary N) is 1. The number of aromatic nitrogens is 4. The Bertz CT molecular complexity index is 494. The minimum atomic E-state index is 0.244. The lowest BCUT2D eigenvalue weighted by Crippen LogP contribution is -2.06. The maximum atomic E-state index is 5.63. The van der Waals surface area contributed by atoms with Gasteiger partial charge in [-0.2, -0.15) is 10.1 Å². The van der Waals surface area contributed by atoms with Gasteiger partial charge in [0.2, 0.25) is 5.95 Å². The van der Waals surface area contributed by atoms with Crippen molar-refractivity contribution in [3.8, 4) is 0 Å². The number of halogens is 1. The van der Waals surface area contributed by atoms with Crippen molar-refractivity contribution < 1.29 is 0 Å². The van der Waals surface area contributed by atoms with Gasteiger partial charge in [0, 0.05) is 6.54 Å². The summed E-state index contributed by atoms with van der Waals surface area (Å²) in [6.45, 7) is 2.99. The fraction of sp³-hybridized carbons (Fsp3) is 0.444. The number of aromatic amines is 1. The molecular formula is C9H13BrN6. The Hall–Kier alpha value is -1.37. The summed E-state index contributed by atoms with van der Waals surface area (Å²) < 4.78 is 0.718. The molecule has 0 aliphatic carbocycles. The molecule has 0 radical (unpaired) electrons. The van der Waals surface area contributed by atoms with Crippen molar-refractivity contribution in [2.75, 3.05) is 17.6 Å². The van der Waals surface area contributed by atoms with Crippen molar-refractivity contribution in [3.05, 3.63) is 4.60 Å². The van der Waals surface area contributed by atoms with Crippen LogP contribution in [0, 0.1) is 0 Å². The molecular weight excluding hydrogens is 272 g/mol. The molecule has 2 heterocycles. The van der Waals surface area contributed by atoms with Crippen LogP contribution in [0.4, 0.5) is 11.8 Å². The normalized spacial score (nSPS) is 10.9. The summed E-state index contributed by atoms with van der Waals surface area (Å²) in [5.41, 5.74) is 7.04. The molecule has 0 fully saturated rings. The third-order valence-corrected chi connectivity index (χ3v) is 2.75. The topological polar surface area (TPSA) is 92.5 Å². The molecule has 2 rings (SSSR count). The van der Waals surface area contributed by atoms with E-state index in [4.69, 9.17) is 5.73 Å². The molecule has 0 aromatic carbocycles. The summed E-state index contributed by atoms with van der Waals surface area (Å²) in [5.74, 6) is 0.923. The number of nitrogen functional groups attached to an aromatic ring is 1. The minimum absolute atomic E-state index is 0.244. The Morgan fingerprint density at radius 3 is 2.94 bits per heavy atom. The highest BCUT2D eigenvalue weighted by molar-refractivity contribution is 9.10. The van der Waals surface area contributed by atoms with E-state index < -0.39 is 0 Å². The van der Waals surface area contributed by atoms with Crippen LogP contribution in [-0.4, -0.2) is 26.7 Å². The second-order valence-electron chi connectivity index (χ2n) is 3.45. The molecule has 86 valence electrons. The highest BCUT2D eigenvalue weighted by Gasteiger charge is 2.11. The number of rotatable bonds is 4. The maximum Gasteiger partial charge on any atom is 0.222 e. The van der Waals surface area contributed by atoms with Crippen molar-refractivity contribution in [3.63, 3.8) is 0 Å². The fourth-order valence-electron chi connectivity index (χ4n) is 1.40. The van der Waals surface area contributed by atoms with Gasteiger partial charge in [0.1, 0.15) is 10.1 Å². The Labute approximate surface area is 101 Å². The number of anilines is 2. The molecule has 0 saturated heterocycles. The first kappa shape index (κ1) is 11.1. The van der Waals surface area contributed by atoms with Gasteiger partial charge in [-0.25, -0.2) is 4.98 Å². The molecule has 6 nitrogen and oxygen atoms in total. The molecule has 0 atom stereocenters. The van der Waals surface area contributed by atoms with Crippen LogP contribution in [0.5, 0.6) is 0 Å². The van der Waals surface area contributed by atoms with E-state index >= 15 is 0 Å². The Morgan fingerprint density at radius 1 is 1.38 bits per heavy atom. The molecule has 7 heteroatoms. The Balaban J connectivity index is 2.35. The van der Waals surface area contributed by atoms with E-state index in [1.807, 2.05) is 0 Å². The molecule has 0 aliphatic heterocycles. The first-order chi connectivity index (χ1) is 7.72. The molecule has 0 spiro atoms. The summed E-state index contributed by atoms with van der Waals surface area (Å²) in [4.78, 5) is 8.25. The number of fused-ring (bicyclic) bond motifs is 1. The molecule has 0 bridgehead atoms. The van der Waals surface area contributed by atoms with Crippen molar-refractivity contribution in [1.29, 1.82) is 0 Å². The monoisotopic (exact) mass is 284 g/mol. The van der Waals surface area contributed by atoms with Gasteiger partial charge in [-0.15, -0.1) is 0 Å². The predicted octanol–water partition coefficient (Wildman–Crippen LogP) is 1.91. The van der Waals surface area contributed by atoms with E-state index in [0.29, 0.717) is 16.9 Å². The number of unbranched alkanes of at least 4 members (excludes halogenated alkanes) is 1. The summed E-state index contributed by atoms with van der Waals surface area (Å²) >= 11 is 3.33. The lowest BCUT2D eigenvalue weighted by atomic mass is 10.3. The number of nitrogens with one attached hydrogen (secondary N) is 2. The van der Waals surface area contributed by atoms with E-state index in [1.165, 1.54) is 0 Å². The van der Waals surface area contributed by atoms with Gasteiger partial charge >= 0.3 is 0 Å². The predicted molar refractivity (Wildman–Crippen MR) is 67.2 cm³/mol. The molecule has 0 saturated carbocycles. The maximum absolute atomic E-state index is 5.63. The average Bonchev–Trinajstić information content (AvgIpc) is 2.61. The van der Waals surface area contributed by atoms with E-state index in [1.54, 1.807) is 0 Å². The van der Waals surface area contributed by atoms with Crippen LogP contribution in [-0.2, 0) is 0 Å². The van der Waals surface area contributed by atoms with Crippen LogP contribution >= 0.6 is 15.9 Å². The van der Waals surface area contributed by atoms with Crippen LogP contribution in [0.3, 0.4) is 0 Å². The van der Waals surface area contributed by atoms with Crippen molar-refractivity contribution >= 4 is 38.7 Å². The molecule has 2 aromatic heterocycles. The van der Waals surface area contributed by atoms with Gasteiger partial charge in [-0.1, -0.05) is 13.3 Å². The second kappa shape index (κ2) is 4.65. The van der Waals surface area contributed by atoms with Crippen molar-refractivity contribution in [2.45, 2.75) is 19.8 Å². The van der Waals surface area contributed by atoms with Crippen LogP contribution in [0.2, 0.25) is 0 Å². The highest BCUT2D eigenvalue weighted by atomic mass is 79.9. The molecule has 2 aromatic rings. The molecule has 0 unspecified atom stereocenters. The number of nitrogens with zero attached hydrogens (tertiary/aromatic N) is 3. The Morgan fingerprint density at radius 2 is 2.19 bits per heavy atom. The van der Waals surface area contributed by atoms with Gasteiger partial charge < -0.3 is 11.1 Å². The largest absolute Gasteiger partial charge is 0.368 e. The lowest BCUT2D eigenvalue weighted by Gasteiger charge is -2.05. The van der Waals surface area contributed by atoms with Crippen LogP contribution in [0.15, 0.2) is 4.60 Å². The van der Waals surface area contributed by atoms with Crippen LogP contribution in [0.25, 0.3) is 11.0 Å². The summed E-state index contributed by atoms with van der Waals surface area (Å²) in [6.07, 6.45) is 2.21. The third-order valence-electron chi connectivity index (χ3n) is 2.20. The summed E-state index contributed by atoms with van der Waals surface area (Å²) in [5, 5.41) is 10.1. The zero-order valence-corrected chi connectivity index (χ0v) is 10.5. The quantitative estimate of drug-likeness (QED) is 0.746. The summed E-state index contributed by atoms with van der Waals surface area (Å²) in [6, 6.07) is 0. The fourth-order valence-corrected chi connectivity index (χ4v) is 1.76. The second-order valence-corrected chi connectivity index (χ2v) is 4.24. The van der Waals surface area contributed by atoms with Gasteiger partial charge in [-0.05, 0) is 22.4 Å². The van der Waals surface area contributed by atoms with E-state index in [0.717, 1.165) is 24.0 Å². The summed E-state index contributed by atoms with van der Waals surface area (Å²) in [7, 11) is 0. The SMILES string of the molecule is CCCCNc1nc(N)nc2c(Br)[nH]nc12. The lowest BCUT2D eigenvalue weighted by molar-refractivity contribution is 0.831. The van der Waals surface area contributed by atoms with Crippen molar-refractivity contribution in [2.24, 2.45) is 0 Å². The first-order valence-electron chi connectivity index (χ1n) is 5.13. The number of hydrogen-bond acceptors (Lipinski definition) is 5. The molecule has 0 amide bonds. The van der Waals surface area contributed by atoms with Gasteiger partial charge in [0.05, 0.1) is 0 Å². The van der Waals surface area contributed by atoms with E-state index in [2.05, 4.69) is 48.3 Å². The number of hydrogen-bond donors (Lipinski definition) is 3. The highest BCUT2D eigenvalue weighted by Crippen LogP contribution is 2.24. The third kappa shape index (κ3) is 2.08.